The van der Waals surface area contributed by atoms with E-state index < -0.39 is 5.60 Å². The van der Waals surface area contributed by atoms with Crippen molar-refractivity contribution in [1.29, 1.82) is 0 Å². The second-order valence-corrected chi connectivity index (χ2v) is 7.47. The van der Waals surface area contributed by atoms with Crippen LogP contribution >= 0.6 is 15.9 Å². The van der Waals surface area contributed by atoms with E-state index >= 15 is 0 Å². The second kappa shape index (κ2) is 8.78. The van der Waals surface area contributed by atoms with Crippen molar-refractivity contribution in [2.75, 3.05) is 13.1 Å². The van der Waals surface area contributed by atoms with Crippen molar-refractivity contribution in [3.05, 3.63) is 33.8 Å². The highest BCUT2D eigenvalue weighted by Gasteiger charge is 2.31. The topological polar surface area (TPSA) is 84.6 Å². The van der Waals surface area contributed by atoms with Gasteiger partial charge in [-0.3, -0.25) is 4.79 Å². The summed E-state index contributed by atoms with van der Waals surface area (Å²) in [5.74, 6) is 0. The van der Waals surface area contributed by atoms with Gasteiger partial charge in [0.2, 0.25) is 0 Å². The number of halogens is 1. The van der Waals surface area contributed by atoms with E-state index in [0.717, 1.165) is 41.5 Å². The van der Waals surface area contributed by atoms with E-state index in [-0.39, 0.29) is 5.60 Å². The van der Waals surface area contributed by atoms with Crippen LogP contribution in [0, 0.1) is 0 Å². The van der Waals surface area contributed by atoms with Crippen LogP contribution in [-0.2, 0) is 21.7 Å². The molecule has 0 spiro atoms. The van der Waals surface area contributed by atoms with Gasteiger partial charge in [-0.1, -0.05) is 28.1 Å². The van der Waals surface area contributed by atoms with Crippen LogP contribution in [0.3, 0.4) is 0 Å². The molecule has 1 aromatic carbocycles. The first kappa shape index (κ1) is 20.1. The zero-order valence-corrected chi connectivity index (χ0v) is 15.6. The van der Waals surface area contributed by atoms with E-state index in [0.29, 0.717) is 13.0 Å². The second-order valence-electron chi connectivity index (χ2n) is 6.62. The van der Waals surface area contributed by atoms with Crippen LogP contribution in [0.1, 0.15) is 44.7 Å². The lowest BCUT2D eigenvalue weighted by atomic mass is 9.84. The smallest absolute Gasteiger partial charge is 0.293 e. The Kier molecular flexibility index (Phi) is 7.67. The molecule has 0 bridgehead atoms. The number of ether oxygens (including phenoxy) is 1. The number of carbonyl (C=O) groups is 1. The summed E-state index contributed by atoms with van der Waals surface area (Å²) < 4.78 is 5.56. The first-order valence-corrected chi connectivity index (χ1v) is 8.55. The Morgan fingerprint density at radius 3 is 2.43 bits per heavy atom. The monoisotopic (exact) mass is 386 g/mol. The van der Waals surface area contributed by atoms with Gasteiger partial charge in [-0.25, -0.2) is 0 Å². The standard InChI is InChI=1S/C12H17BrN2O.C5H10O2/c13-11-2-1-10(7-9(11)8-14)12(16)3-5-15-6-4-12;1-5(2,3)7-4-6/h1-2,7,15-16H,3-6,8,14H2;4H,1-3H3. The summed E-state index contributed by atoms with van der Waals surface area (Å²) in [5, 5.41) is 13.8. The highest BCUT2D eigenvalue weighted by atomic mass is 79.9. The molecule has 4 N–H and O–H groups in total. The number of nitrogens with two attached hydrogens (primary N) is 1. The zero-order chi connectivity index (χ0) is 17.5. The Bertz CT molecular complexity index is 509. The first-order valence-electron chi connectivity index (χ1n) is 7.75. The molecule has 0 atom stereocenters. The summed E-state index contributed by atoms with van der Waals surface area (Å²) in [6, 6.07) is 5.96. The van der Waals surface area contributed by atoms with Crippen LogP contribution in [0.15, 0.2) is 22.7 Å². The molecule has 1 aliphatic rings. The van der Waals surface area contributed by atoms with E-state index in [9.17, 15) is 9.90 Å². The molecular weight excluding hydrogens is 360 g/mol. The average molecular weight is 387 g/mol. The molecule has 130 valence electrons. The van der Waals surface area contributed by atoms with Crippen molar-refractivity contribution in [2.45, 2.75) is 51.4 Å². The van der Waals surface area contributed by atoms with Gasteiger partial charge in [0.1, 0.15) is 5.60 Å². The van der Waals surface area contributed by atoms with Crippen molar-refractivity contribution >= 4 is 22.4 Å². The number of piperidine rings is 1. The first-order chi connectivity index (χ1) is 10.7. The lowest BCUT2D eigenvalue weighted by molar-refractivity contribution is -0.138. The quantitative estimate of drug-likeness (QED) is 0.694. The molecule has 1 heterocycles. The van der Waals surface area contributed by atoms with E-state index in [1.54, 1.807) is 0 Å². The van der Waals surface area contributed by atoms with Gasteiger partial charge < -0.3 is 20.9 Å². The van der Waals surface area contributed by atoms with E-state index in [2.05, 4.69) is 26.0 Å². The lowest BCUT2D eigenvalue weighted by Gasteiger charge is -2.33. The average Bonchev–Trinajstić information content (AvgIpc) is 2.47. The van der Waals surface area contributed by atoms with Crippen molar-refractivity contribution in [3.63, 3.8) is 0 Å². The fourth-order valence-electron chi connectivity index (χ4n) is 2.29. The van der Waals surface area contributed by atoms with Gasteiger partial charge in [0.05, 0.1) is 5.60 Å². The molecule has 2 rings (SSSR count). The fraction of sp³-hybridized carbons (Fsp3) is 0.588. The Morgan fingerprint density at radius 1 is 1.39 bits per heavy atom. The van der Waals surface area contributed by atoms with E-state index in [4.69, 9.17) is 5.73 Å². The molecule has 0 aromatic heterocycles. The lowest BCUT2D eigenvalue weighted by Crippen LogP contribution is -2.39. The third-order valence-corrected chi connectivity index (χ3v) is 4.41. The maximum Gasteiger partial charge on any atom is 0.293 e. The molecule has 0 radical (unpaired) electrons. The fourth-order valence-corrected chi connectivity index (χ4v) is 2.70. The predicted octanol–water partition coefficient (Wildman–Crippen LogP) is 2.44. The zero-order valence-electron chi connectivity index (χ0n) is 14.1. The molecule has 0 aliphatic carbocycles. The van der Waals surface area contributed by atoms with Gasteiger partial charge in [0, 0.05) is 11.0 Å². The highest BCUT2D eigenvalue weighted by molar-refractivity contribution is 9.10. The van der Waals surface area contributed by atoms with Crippen molar-refractivity contribution in [1.82, 2.24) is 5.32 Å². The van der Waals surface area contributed by atoms with Crippen LogP contribution in [0.2, 0.25) is 0 Å². The molecule has 0 saturated carbocycles. The van der Waals surface area contributed by atoms with Crippen molar-refractivity contribution in [2.24, 2.45) is 5.73 Å². The summed E-state index contributed by atoms with van der Waals surface area (Å²) in [5.41, 5.74) is 6.70. The van der Waals surface area contributed by atoms with Crippen LogP contribution < -0.4 is 11.1 Å². The van der Waals surface area contributed by atoms with Crippen molar-refractivity contribution in [3.8, 4) is 0 Å². The molecule has 1 saturated heterocycles. The molecule has 5 nitrogen and oxygen atoms in total. The molecule has 0 amide bonds. The molecule has 1 fully saturated rings. The Morgan fingerprint density at radius 2 is 2.00 bits per heavy atom. The Hall–Kier alpha value is -0.950. The largest absolute Gasteiger partial charge is 0.462 e. The molecular formula is C17H27BrN2O3. The number of nitrogens with one attached hydrogen (secondary N) is 1. The molecule has 0 unspecified atom stereocenters. The highest BCUT2D eigenvalue weighted by Crippen LogP contribution is 2.32. The van der Waals surface area contributed by atoms with Gasteiger partial charge in [-0.05, 0) is 63.9 Å². The van der Waals surface area contributed by atoms with Gasteiger partial charge in [-0.2, -0.15) is 0 Å². The van der Waals surface area contributed by atoms with E-state index in [1.165, 1.54) is 0 Å². The minimum Gasteiger partial charge on any atom is -0.462 e. The molecule has 1 aliphatic heterocycles. The third kappa shape index (κ3) is 6.59. The van der Waals surface area contributed by atoms with Gasteiger partial charge in [0.25, 0.3) is 6.47 Å². The molecule has 6 heteroatoms. The minimum atomic E-state index is -0.685. The maximum absolute atomic E-state index is 10.6. The van der Waals surface area contributed by atoms with Crippen LogP contribution in [0.4, 0.5) is 0 Å². The Balaban J connectivity index is 0.000000322. The summed E-state index contributed by atoms with van der Waals surface area (Å²) in [6.45, 7) is 8.14. The normalized spacial score (nSPS) is 17.0. The summed E-state index contributed by atoms with van der Waals surface area (Å²) in [6.07, 6.45) is 1.53. The summed E-state index contributed by atoms with van der Waals surface area (Å²) in [4.78, 5) is 9.60. The minimum absolute atomic E-state index is 0.318. The predicted molar refractivity (Wildman–Crippen MR) is 94.9 cm³/mol. The summed E-state index contributed by atoms with van der Waals surface area (Å²) >= 11 is 3.46. The number of carbonyl (C=O) groups excluding carboxylic acids is 1. The van der Waals surface area contributed by atoms with Gasteiger partial charge in [0.15, 0.2) is 0 Å². The molecule has 23 heavy (non-hydrogen) atoms. The van der Waals surface area contributed by atoms with Crippen LogP contribution in [0.25, 0.3) is 0 Å². The number of hydrogen-bond acceptors (Lipinski definition) is 5. The van der Waals surface area contributed by atoms with Crippen LogP contribution in [0.5, 0.6) is 0 Å². The van der Waals surface area contributed by atoms with Gasteiger partial charge >= 0.3 is 0 Å². The van der Waals surface area contributed by atoms with Gasteiger partial charge in [-0.15, -0.1) is 0 Å². The molecule has 1 aromatic rings. The van der Waals surface area contributed by atoms with Crippen LogP contribution in [-0.4, -0.2) is 30.3 Å². The Labute approximate surface area is 146 Å². The third-order valence-electron chi connectivity index (χ3n) is 3.64. The van der Waals surface area contributed by atoms with E-state index in [1.807, 2.05) is 39.0 Å². The maximum atomic E-state index is 10.6. The van der Waals surface area contributed by atoms with Crippen molar-refractivity contribution < 1.29 is 14.6 Å². The number of benzene rings is 1. The summed E-state index contributed by atoms with van der Waals surface area (Å²) in [7, 11) is 0. The number of hydrogen-bond donors (Lipinski definition) is 3. The number of aliphatic hydroxyl groups is 1. The SMILES string of the molecule is CC(C)(C)OC=O.NCc1cc(C2(O)CCNCC2)ccc1Br. The number of rotatable bonds is 3.